The van der Waals surface area contributed by atoms with Gasteiger partial charge in [-0.25, -0.2) is 0 Å². The summed E-state index contributed by atoms with van der Waals surface area (Å²) in [6.45, 7) is 0.154. The quantitative estimate of drug-likeness (QED) is 0.651. The van der Waals surface area contributed by atoms with Crippen molar-refractivity contribution in [1.29, 1.82) is 0 Å². The SMILES string of the molecule is COc1ccc(C=C2SC(=O)N(CCNC(=O)c3cc(Cl)ccc3OC)C2=O)cc1. The van der Waals surface area contributed by atoms with E-state index in [1.54, 1.807) is 49.6 Å². The number of halogens is 1. The normalized spacial score (nSPS) is 14.9. The van der Waals surface area contributed by atoms with Gasteiger partial charge in [-0.2, -0.15) is 0 Å². The minimum absolute atomic E-state index is 0.0548. The van der Waals surface area contributed by atoms with E-state index in [0.29, 0.717) is 21.4 Å². The van der Waals surface area contributed by atoms with Crippen LogP contribution in [0.3, 0.4) is 0 Å². The Bertz CT molecular complexity index is 1010. The number of hydrogen-bond donors (Lipinski definition) is 1. The number of thioether (sulfide) groups is 1. The summed E-state index contributed by atoms with van der Waals surface area (Å²) in [7, 11) is 3.02. The second-order valence-electron chi connectivity index (χ2n) is 6.21. The molecule has 1 saturated heterocycles. The zero-order chi connectivity index (χ0) is 21.7. The number of carbonyl (C=O) groups excluding carboxylic acids is 3. The van der Waals surface area contributed by atoms with Gasteiger partial charge in [0.15, 0.2) is 0 Å². The third-order valence-corrected chi connectivity index (χ3v) is 5.46. The van der Waals surface area contributed by atoms with Crippen molar-refractivity contribution in [3.05, 3.63) is 63.5 Å². The number of methoxy groups -OCH3 is 2. The molecule has 2 aromatic carbocycles. The van der Waals surface area contributed by atoms with E-state index in [1.807, 2.05) is 0 Å². The minimum atomic E-state index is -0.407. The molecule has 0 saturated carbocycles. The smallest absolute Gasteiger partial charge is 0.293 e. The molecule has 3 amide bonds. The average Bonchev–Trinajstić information content (AvgIpc) is 3.01. The number of hydrogen-bond acceptors (Lipinski definition) is 6. The molecule has 1 fully saturated rings. The Kier molecular flexibility index (Phi) is 7.02. The number of rotatable bonds is 7. The van der Waals surface area contributed by atoms with Crippen molar-refractivity contribution < 1.29 is 23.9 Å². The molecule has 0 aliphatic carbocycles. The topological polar surface area (TPSA) is 84.9 Å². The number of carbonyl (C=O) groups is 3. The summed E-state index contributed by atoms with van der Waals surface area (Å²) in [5, 5.41) is 2.70. The van der Waals surface area contributed by atoms with Crippen LogP contribution in [0.1, 0.15) is 15.9 Å². The molecule has 0 aromatic heterocycles. The van der Waals surface area contributed by atoms with Gasteiger partial charge in [0.2, 0.25) is 0 Å². The van der Waals surface area contributed by atoms with Crippen molar-refractivity contribution in [1.82, 2.24) is 10.2 Å². The van der Waals surface area contributed by atoms with Gasteiger partial charge in [0.25, 0.3) is 17.1 Å². The Hall–Kier alpha value is -2.97. The molecule has 0 spiro atoms. The summed E-state index contributed by atoms with van der Waals surface area (Å²) in [5.74, 6) is 0.281. The number of amides is 3. The van der Waals surface area contributed by atoms with E-state index < -0.39 is 11.8 Å². The monoisotopic (exact) mass is 446 g/mol. The van der Waals surface area contributed by atoms with Gasteiger partial charge < -0.3 is 14.8 Å². The standard InChI is InChI=1S/C21H19ClN2O5S/c1-28-15-6-3-13(4-7-15)11-18-20(26)24(21(27)30-18)10-9-23-19(25)16-12-14(22)5-8-17(16)29-2/h3-8,11-12H,9-10H2,1-2H3,(H,23,25). The summed E-state index contributed by atoms with van der Waals surface area (Å²) in [5.41, 5.74) is 1.06. The molecule has 1 heterocycles. The van der Waals surface area contributed by atoms with E-state index in [-0.39, 0.29) is 23.9 Å². The van der Waals surface area contributed by atoms with E-state index in [1.165, 1.54) is 13.2 Å². The fourth-order valence-electron chi connectivity index (χ4n) is 2.78. The second kappa shape index (κ2) is 9.69. The molecule has 156 valence electrons. The summed E-state index contributed by atoms with van der Waals surface area (Å²) in [4.78, 5) is 38.6. The van der Waals surface area contributed by atoms with Crippen LogP contribution >= 0.6 is 23.4 Å². The van der Waals surface area contributed by atoms with E-state index in [9.17, 15) is 14.4 Å². The highest BCUT2D eigenvalue weighted by molar-refractivity contribution is 8.18. The van der Waals surface area contributed by atoms with Gasteiger partial charge in [0.1, 0.15) is 11.5 Å². The molecule has 0 bridgehead atoms. The van der Waals surface area contributed by atoms with Crippen LogP contribution in [0.2, 0.25) is 5.02 Å². The van der Waals surface area contributed by atoms with Gasteiger partial charge in [-0.1, -0.05) is 23.7 Å². The van der Waals surface area contributed by atoms with Gasteiger partial charge >= 0.3 is 0 Å². The average molecular weight is 447 g/mol. The van der Waals surface area contributed by atoms with E-state index >= 15 is 0 Å². The molecule has 7 nitrogen and oxygen atoms in total. The first-order valence-corrected chi connectivity index (χ1v) is 10.1. The van der Waals surface area contributed by atoms with Crippen LogP contribution in [-0.4, -0.2) is 49.3 Å². The molecule has 30 heavy (non-hydrogen) atoms. The van der Waals surface area contributed by atoms with Crippen molar-refractivity contribution in [2.75, 3.05) is 27.3 Å². The van der Waals surface area contributed by atoms with Crippen LogP contribution in [0, 0.1) is 0 Å². The van der Waals surface area contributed by atoms with Crippen molar-refractivity contribution in [2.24, 2.45) is 0 Å². The lowest BCUT2D eigenvalue weighted by molar-refractivity contribution is -0.122. The zero-order valence-electron chi connectivity index (χ0n) is 16.3. The maximum absolute atomic E-state index is 12.6. The molecule has 0 radical (unpaired) electrons. The van der Waals surface area contributed by atoms with E-state index in [2.05, 4.69) is 5.32 Å². The molecule has 9 heteroatoms. The van der Waals surface area contributed by atoms with Gasteiger partial charge in [-0.3, -0.25) is 19.3 Å². The number of ether oxygens (including phenoxy) is 2. The fraction of sp³-hybridized carbons (Fsp3) is 0.190. The van der Waals surface area contributed by atoms with Crippen molar-refractivity contribution in [2.45, 2.75) is 0 Å². The van der Waals surface area contributed by atoms with E-state index in [0.717, 1.165) is 22.2 Å². The van der Waals surface area contributed by atoms with Crippen LogP contribution in [0.4, 0.5) is 4.79 Å². The van der Waals surface area contributed by atoms with Crippen LogP contribution in [-0.2, 0) is 4.79 Å². The number of benzene rings is 2. The van der Waals surface area contributed by atoms with Crippen molar-refractivity contribution >= 4 is 46.5 Å². The molecule has 1 N–H and O–H groups in total. The highest BCUT2D eigenvalue weighted by atomic mass is 35.5. The number of nitrogens with zero attached hydrogens (tertiary/aromatic N) is 1. The van der Waals surface area contributed by atoms with Crippen LogP contribution in [0.5, 0.6) is 11.5 Å². The van der Waals surface area contributed by atoms with Gasteiger partial charge in [-0.05, 0) is 53.7 Å². The highest BCUT2D eigenvalue weighted by Crippen LogP contribution is 2.32. The molecule has 1 aliphatic rings. The van der Waals surface area contributed by atoms with E-state index in [4.69, 9.17) is 21.1 Å². The predicted octanol–water partition coefficient (Wildman–Crippen LogP) is 3.82. The van der Waals surface area contributed by atoms with Gasteiger partial charge in [0.05, 0.1) is 24.7 Å². The third-order valence-electron chi connectivity index (χ3n) is 4.31. The molecule has 3 rings (SSSR count). The van der Waals surface area contributed by atoms with Crippen LogP contribution in [0.25, 0.3) is 6.08 Å². The van der Waals surface area contributed by atoms with Gasteiger partial charge in [-0.15, -0.1) is 0 Å². The lowest BCUT2D eigenvalue weighted by atomic mass is 10.2. The first-order chi connectivity index (χ1) is 14.4. The summed E-state index contributed by atoms with van der Waals surface area (Å²) in [6.07, 6.45) is 1.65. The highest BCUT2D eigenvalue weighted by Gasteiger charge is 2.34. The Morgan fingerprint density at radius 1 is 1.13 bits per heavy atom. The second-order valence-corrected chi connectivity index (χ2v) is 7.64. The first kappa shape index (κ1) is 21.7. The van der Waals surface area contributed by atoms with Crippen molar-refractivity contribution in [3.63, 3.8) is 0 Å². The maximum atomic E-state index is 12.6. The Morgan fingerprint density at radius 2 is 1.87 bits per heavy atom. The zero-order valence-corrected chi connectivity index (χ0v) is 17.9. The van der Waals surface area contributed by atoms with Crippen LogP contribution < -0.4 is 14.8 Å². The Balaban J connectivity index is 1.61. The molecular weight excluding hydrogens is 428 g/mol. The predicted molar refractivity (Wildman–Crippen MR) is 116 cm³/mol. The van der Waals surface area contributed by atoms with Crippen LogP contribution in [0.15, 0.2) is 47.4 Å². The summed E-state index contributed by atoms with van der Waals surface area (Å²) in [6, 6.07) is 11.8. The Labute approximate surface area is 183 Å². The molecule has 1 aliphatic heterocycles. The number of nitrogens with one attached hydrogen (secondary N) is 1. The first-order valence-electron chi connectivity index (χ1n) is 8.94. The Morgan fingerprint density at radius 3 is 2.53 bits per heavy atom. The summed E-state index contributed by atoms with van der Waals surface area (Å²) >= 11 is 6.81. The third kappa shape index (κ3) is 4.95. The lowest BCUT2D eigenvalue weighted by Gasteiger charge is -2.14. The minimum Gasteiger partial charge on any atom is -0.497 e. The maximum Gasteiger partial charge on any atom is 0.293 e. The molecular formula is C21H19ClN2O5S. The molecule has 2 aromatic rings. The largest absolute Gasteiger partial charge is 0.497 e. The number of imide groups is 1. The van der Waals surface area contributed by atoms with Gasteiger partial charge in [0, 0.05) is 18.1 Å². The lowest BCUT2D eigenvalue weighted by Crippen LogP contribution is -2.37. The molecule has 0 unspecified atom stereocenters. The van der Waals surface area contributed by atoms with Crippen molar-refractivity contribution in [3.8, 4) is 11.5 Å². The molecule has 0 atom stereocenters. The summed E-state index contributed by atoms with van der Waals surface area (Å²) < 4.78 is 10.3. The fourth-order valence-corrected chi connectivity index (χ4v) is 3.82.